The molecule has 0 radical (unpaired) electrons. The Morgan fingerprint density at radius 3 is 2.50 bits per heavy atom. The molecule has 0 spiro atoms. The van der Waals surface area contributed by atoms with Gasteiger partial charge >= 0.3 is 0 Å². The van der Waals surface area contributed by atoms with Crippen molar-refractivity contribution in [1.82, 2.24) is 4.98 Å². The summed E-state index contributed by atoms with van der Waals surface area (Å²) in [5.74, 6) is 1.66. The summed E-state index contributed by atoms with van der Waals surface area (Å²) >= 11 is 0. The van der Waals surface area contributed by atoms with Gasteiger partial charge in [-0.2, -0.15) is 0 Å². The third kappa shape index (κ3) is 2.75. The maximum atomic E-state index is 6.36. The van der Waals surface area contributed by atoms with E-state index in [9.17, 15) is 0 Å². The summed E-state index contributed by atoms with van der Waals surface area (Å²) in [6.45, 7) is 9.14. The maximum Gasteiger partial charge on any atom is 0.139 e. The van der Waals surface area contributed by atoms with E-state index < -0.39 is 0 Å². The van der Waals surface area contributed by atoms with Gasteiger partial charge in [-0.25, -0.2) is 4.98 Å². The first-order valence-electron chi connectivity index (χ1n) is 11.5. The van der Waals surface area contributed by atoms with Crippen molar-refractivity contribution in [3.63, 3.8) is 0 Å². The van der Waals surface area contributed by atoms with E-state index in [2.05, 4.69) is 94.4 Å². The Labute approximate surface area is 188 Å². The number of rotatable bonds is 3. The minimum absolute atomic E-state index is 0.161. The van der Waals surface area contributed by atoms with Crippen molar-refractivity contribution < 1.29 is 4.42 Å². The highest BCUT2D eigenvalue weighted by Gasteiger charge is 2.42. The maximum absolute atomic E-state index is 6.36. The van der Waals surface area contributed by atoms with E-state index in [0.29, 0.717) is 5.92 Å². The molecule has 2 nitrogen and oxygen atoms in total. The van der Waals surface area contributed by atoms with Crippen LogP contribution in [0.3, 0.4) is 0 Å². The van der Waals surface area contributed by atoms with Gasteiger partial charge in [0.1, 0.15) is 11.3 Å². The van der Waals surface area contributed by atoms with Crippen LogP contribution in [0.2, 0.25) is 0 Å². The molecule has 0 N–H and O–H groups in total. The summed E-state index contributed by atoms with van der Waals surface area (Å²) in [7, 11) is 0. The third-order valence-corrected chi connectivity index (χ3v) is 6.83. The van der Waals surface area contributed by atoms with Crippen molar-refractivity contribution in [2.24, 2.45) is 5.92 Å². The Kier molecular flexibility index (Phi) is 4.10. The zero-order valence-corrected chi connectivity index (χ0v) is 19.1. The molecule has 3 aromatic carbocycles. The number of para-hydroxylation sites is 1. The minimum atomic E-state index is -0.161. The average molecular weight is 418 g/mol. The summed E-state index contributed by atoms with van der Waals surface area (Å²) in [6, 6.07) is 26.0. The average Bonchev–Trinajstić information content (AvgIpc) is 3.27. The first-order chi connectivity index (χ1) is 15.4. The fourth-order valence-corrected chi connectivity index (χ4v) is 5.53. The largest absolute Gasteiger partial charge is 0.456 e. The predicted octanol–water partition coefficient (Wildman–Crippen LogP) is 8.15. The molecule has 1 aliphatic rings. The second-order valence-electron chi connectivity index (χ2n) is 9.98. The monoisotopic (exact) mass is 417 g/mol. The highest BCUT2D eigenvalue weighted by atomic mass is 16.3. The summed E-state index contributed by atoms with van der Waals surface area (Å²) in [5, 5.41) is 2.41. The number of pyridine rings is 1. The van der Waals surface area contributed by atoms with Crippen molar-refractivity contribution in [3.05, 3.63) is 89.5 Å². The molecule has 32 heavy (non-hydrogen) atoms. The van der Waals surface area contributed by atoms with Crippen LogP contribution in [0, 0.1) is 5.92 Å². The quantitative estimate of drug-likeness (QED) is 0.296. The molecule has 158 valence electrons. The lowest BCUT2D eigenvalue weighted by Crippen LogP contribution is -2.16. The van der Waals surface area contributed by atoms with Crippen molar-refractivity contribution in [1.29, 1.82) is 0 Å². The van der Waals surface area contributed by atoms with Crippen LogP contribution >= 0.6 is 0 Å². The van der Waals surface area contributed by atoms with Gasteiger partial charge in [-0.1, -0.05) is 76.2 Å². The van der Waals surface area contributed by atoms with E-state index >= 15 is 0 Å². The number of nitrogens with zero attached hydrogens (tertiary/aromatic N) is 1. The third-order valence-electron chi connectivity index (χ3n) is 6.83. The number of hydrogen-bond acceptors (Lipinski definition) is 2. The molecule has 1 aliphatic carbocycles. The Hall–Kier alpha value is -3.39. The second kappa shape index (κ2) is 6.80. The lowest BCUT2D eigenvalue weighted by Gasteiger charge is -2.24. The smallest absolute Gasteiger partial charge is 0.139 e. The van der Waals surface area contributed by atoms with E-state index in [1.165, 1.54) is 38.6 Å². The van der Waals surface area contributed by atoms with E-state index in [0.717, 1.165) is 29.0 Å². The fourth-order valence-electron chi connectivity index (χ4n) is 5.53. The van der Waals surface area contributed by atoms with Crippen molar-refractivity contribution in [3.8, 4) is 22.6 Å². The molecule has 0 saturated heterocycles. The summed E-state index contributed by atoms with van der Waals surface area (Å²) in [6.07, 6.45) is 1.09. The fraction of sp³-hybridized carbons (Fsp3) is 0.233. The Morgan fingerprint density at radius 2 is 1.66 bits per heavy atom. The Bertz CT molecular complexity index is 1500. The van der Waals surface area contributed by atoms with Crippen LogP contribution in [0.1, 0.15) is 44.4 Å². The first kappa shape index (κ1) is 19.3. The lowest BCUT2D eigenvalue weighted by molar-refractivity contribution is 0.619. The van der Waals surface area contributed by atoms with Crippen molar-refractivity contribution in [2.75, 3.05) is 0 Å². The topological polar surface area (TPSA) is 26.0 Å². The van der Waals surface area contributed by atoms with Crippen LogP contribution < -0.4 is 0 Å². The molecular formula is C30H27NO. The molecule has 2 heteroatoms. The van der Waals surface area contributed by atoms with Gasteiger partial charge in [0.15, 0.2) is 0 Å². The van der Waals surface area contributed by atoms with Gasteiger partial charge in [-0.3, -0.25) is 0 Å². The van der Waals surface area contributed by atoms with Crippen LogP contribution in [0.25, 0.3) is 44.5 Å². The van der Waals surface area contributed by atoms with Gasteiger partial charge in [0, 0.05) is 32.9 Å². The van der Waals surface area contributed by atoms with Crippen molar-refractivity contribution >= 4 is 21.9 Å². The van der Waals surface area contributed by atoms with Crippen molar-refractivity contribution in [2.45, 2.75) is 39.5 Å². The van der Waals surface area contributed by atoms with Gasteiger partial charge < -0.3 is 4.42 Å². The summed E-state index contributed by atoms with van der Waals surface area (Å²) in [4.78, 5) is 5.09. The molecule has 0 aliphatic heterocycles. The van der Waals surface area contributed by atoms with Gasteiger partial charge in [-0.05, 0) is 47.7 Å². The van der Waals surface area contributed by atoms with Crippen LogP contribution in [-0.2, 0) is 11.8 Å². The van der Waals surface area contributed by atoms with Gasteiger partial charge in [0.25, 0.3) is 0 Å². The molecule has 2 aromatic heterocycles. The molecule has 0 unspecified atom stereocenters. The van der Waals surface area contributed by atoms with E-state index in [1.54, 1.807) is 0 Å². The number of hydrogen-bond donors (Lipinski definition) is 0. The van der Waals surface area contributed by atoms with E-state index in [4.69, 9.17) is 9.40 Å². The molecule has 5 aromatic rings. The number of furan rings is 1. The predicted molar refractivity (Wildman–Crippen MR) is 133 cm³/mol. The number of fused-ring (bicyclic) bond motifs is 6. The zero-order valence-electron chi connectivity index (χ0n) is 19.1. The Balaban J connectivity index is 1.52. The molecule has 0 atom stereocenters. The number of benzene rings is 3. The second-order valence-corrected chi connectivity index (χ2v) is 9.98. The highest BCUT2D eigenvalue weighted by Crippen LogP contribution is 2.55. The molecule has 0 amide bonds. The van der Waals surface area contributed by atoms with Crippen LogP contribution in [0.15, 0.2) is 77.2 Å². The summed E-state index contributed by atoms with van der Waals surface area (Å²) < 4.78 is 6.36. The van der Waals surface area contributed by atoms with Gasteiger partial charge in [0.05, 0.1) is 11.2 Å². The molecule has 0 saturated carbocycles. The van der Waals surface area contributed by atoms with Crippen LogP contribution in [0.4, 0.5) is 0 Å². The van der Waals surface area contributed by atoms with E-state index in [-0.39, 0.29) is 5.41 Å². The molecular weight excluding hydrogens is 390 g/mol. The molecule has 0 fully saturated rings. The number of aromatic nitrogens is 1. The SMILES string of the molecule is CC(C)Cc1ccc2nc(-c3cccc4c3C(C)(C)c3c-4oc4ccccc34)ccc2c1. The normalized spacial score (nSPS) is 14.3. The van der Waals surface area contributed by atoms with Crippen LogP contribution in [0.5, 0.6) is 0 Å². The summed E-state index contributed by atoms with van der Waals surface area (Å²) in [5.41, 5.74) is 9.22. The van der Waals surface area contributed by atoms with Crippen LogP contribution in [-0.4, -0.2) is 4.98 Å². The highest BCUT2D eigenvalue weighted by molar-refractivity contribution is 5.97. The lowest BCUT2D eigenvalue weighted by atomic mass is 9.78. The first-order valence-corrected chi connectivity index (χ1v) is 11.5. The molecule has 6 rings (SSSR count). The zero-order chi connectivity index (χ0) is 22.0. The van der Waals surface area contributed by atoms with Gasteiger partial charge in [0.2, 0.25) is 0 Å². The van der Waals surface area contributed by atoms with Gasteiger partial charge in [-0.15, -0.1) is 0 Å². The molecule has 2 heterocycles. The molecule has 0 bridgehead atoms. The standard InChI is InChI=1S/C30H27NO/c1-18(2)16-19-12-14-24-20(17-19)13-15-25(31-24)21-9-7-10-23-27(21)30(3,4)28-22-8-5-6-11-26(22)32-29(23)28/h5-15,17-18H,16H2,1-4H3. The van der Waals surface area contributed by atoms with E-state index in [1.807, 2.05) is 6.07 Å². The Morgan fingerprint density at radius 1 is 0.844 bits per heavy atom. The minimum Gasteiger partial charge on any atom is -0.456 e.